The second-order valence-corrected chi connectivity index (χ2v) is 7.30. The van der Waals surface area contributed by atoms with Gasteiger partial charge in [-0.1, -0.05) is 24.3 Å². The van der Waals surface area contributed by atoms with Crippen molar-refractivity contribution in [1.82, 2.24) is 24.6 Å². The first kappa shape index (κ1) is 20.9. The van der Waals surface area contributed by atoms with Gasteiger partial charge in [0.25, 0.3) is 0 Å². The Morgan fingerprint density at radius 3 is 2.79 bits per heavy atom. The molecule has 0 atom stereocenters. The molecule has 2 aromatic rings. The molecule has 8 heteroatoms. The molecule has 0 unspecified atom stereocenters. The van der Waals surface area contributed by atoms with Gasteiger partial charge in [-0.15, -0.1) is 24.0 Å². The zero-order chi connectivity index (χ0) is 18.6. The van der Waals surface area contributed by atoms with E-state index in [1.807, 2.05) is 11.6 Å². The van der Waals surface area contributed by atoms with Crippen LogP contribution in [0.5, 0.6) is 0 Å². The zero-order valence-electron chi connectivity index (χ0n) is 16.4. The molecular weight excluding hydrogens is 467 g/mol. The Hall–Kier alpha value is -1.84. The van der Waals surface area contributed by atoms with Crippen molar-refractivity contribution < 1.29 is 0 Å². The Balaban J connectivity index is 0.00000225. The van der Waals surface area contributed by atoms with Crippen LogP contribution in [0.1, 0.15) is 36.2 Å². The van der Waals surface area contributed by atoms with Gasteiger partial charge in [0.15, 0.2) is 5.96 Å². The van der Waals surface area contributed by atoms with E-state index < -0.39 is 0 Å². The maximum Gasteiger partial charge on any atom is 0.345 e. The minimum Gasteiger partial charge on any atom is -0.356 e. The average Bonchev–Trinajstić information content (AvgIpc) is 3.04. The molecule has 0 saturated carbocycles. The molecule has 2 aliphatic heterocycles. The topological polar surface area (TPSA) is 67.5 Å². The lowest BCUT2D eigenvalue weighted by Crippen LogP contribution is -2.44. The molecule has 0 radical (unpaired) electrons. The third-order valence-corrected chi connectivity index (χ3v) is 5.50. The number of nitrogens with zero attached hydrogens (tertiary/aromatic N) is 5. The summed E-state index contributed by atoms with van der Waals surface area (Å²) in [6.45, 7) is 4.10. The van der Waals surface area contributed by atoms with Gasteiger partial charge in [-0.3, -0.25) is 9.56 Å². The summed E-state index contributed by atoms with van der Waals surface area (Å²) in [4.78, 5) is 19.1. The highest BCUT2D eigenvalue weighted by molar-refractivity contribution is 14.0. The second-order valence-electron chi connectivity index (χ2n) is 7.30. The molecule has 0 saturated heterocycles. The Bertz CT molecular complexity index is 887. The minimum absolute atomic E-state index is 0. The third kappa shape index (κ3) is 4.42. The fourth-order valence-electron chi connectivity index (χ4n) is 4.03. The first-order valence-electron chi connectivity index (χ1n) is 9.95. The molecule has 152 valence electrons. The van der Waals surface area contributed by atoms with E-state index in [0.717, 1.165) is 70.1 Å². The summed E-state index contributed by atoms with van der Waals surface area (Å²) in [5.41, 5.74) is 2.86. The highest BCUT2D eigenvalue weighted by atomic mass is 127. The van der Waals surface area contributed by atoms with Crippen molar-refractivity contribution in [3.05, 3.63) is 51.7 Å². The first-order valence-corrected chi connectivity index (χ1v) is 9.95. The number of halogens is 1. The average molecular weight is 496 g/mol. The summed E-state index contributed by atoms with van der Waals surface area (Å²) >= 11 is 0. The van der Waals surface area contributed by atoms with Crippen molar-refractivity contribution in [2.75, 3.05) is 20.1 Å². The molecule has 7 nitrogen and oxygen atoms in total. The Morgan fingerprint density at radius 1 is 1.18 bits per heavy atom. The van der Waals surface area contributed by atoms with Crippen molar-refractivity contribution >= 4 is 29.9 Å². The van der Waals surface area contributed by atoms with Gasteiger partial charge in [0, 0.05) is 46.2 Å². The highest BCUT2D eigenvalue weighted by Gasteiger charge is 2.19. The minimum atomic E-state index is 0. The number of hydrogen-bond donors (Lipinski definition) is 1. The van der Waals surface area contributed by atoms with Crippen molar-refractivity contribution in [2.45, 2.75) is 51.7 Å². The van der Waals surface area contributed by atoms with E-state index in [-0.39, 0.29) is 29.7 Å². The largest absolute Gasteiger partial charge is 0.356 e. The summed E-state index contributed by atoms with van der Waals surface area (Å²) in [7, 11) is 1.83. The van der Waals surface area contributed by atoms with Crippen LogP contribution in [0.15, 0.2) is 34.1 Å². The van der Waals surface area contributed by atoms with Gasteiger partial charge >= 0.3 is 5.69 Å². The fraction of sp³-hybridized carbons (Fsp3) is 0.550. The molecule has 0 fully saturated rings. The molecule has 3 heterocycles. The summed E-state index contributed by atoms with van der Waals surface area (Å²) in [6.07, 6.45) is 5.03. The number of aliphatic imine (C=N–C) groups is 1. The van der Waals surface area contributed by atoms with Crippen molar-refractivity contribution in [3.63, 3.8) is 0 Å². The van der Waals surface area contributed by atoms with Gasteiger partial charge in [0.05, 0.1) is 0 Å². The van der Waals surface area contributed by atoms with Crippen LogP contribution in [0, 0.1) is 0 Å². The lowest BCUT2D eigenvalue weighted by atomic mass is 10.0. The van der Waals surface area contributed by atoms with E-state index >= 15 is 0 Å². The number of fused-ring (bicyclic) bond motifs is 2. The Labute approximate surface area is 182 Å². The number of aryl methyl sites for hydroxylation is 2. The fourth-order valence-corrected chi connectivity index (χ4v) is 4.03. The number of nitrogens with one attached hydrogen (secondary N) is 1. The van der Waals surface area contributed by atoms with Crippen molar-refractivity contribution in [2.24, 2.45) is 4.99 Å². The van der Waals surface area contributed by atoms with Gasteiger partial charge < -0.3 is 10.2 Å². The lowest BCUT2D eigenvalue weighted by molar-refractivity contribution is 0.377. The van der Waals surface area contributed by atoms with Crippen LogP contribution in [0.25, 0.3) is 0 Å². The molecule has 0 aliphatic carbocycles. The Kier molecular flexibility index (Phi) is 7.14. The van der Waals surface area contributed by atoms with Crippen LogP contribution in [0.4, 0.5) is 0 Å². The van der Waals surface area contributed by atoms with Gasteiger partial charge in [0.1, 0.15) is 5.82 Å². The summed E-state index contributed by atoms with van der Waals surface area (Å²) in [5, 5.41) is 7.95. The monoisotopic (exact) mass is 496 g/mol. The maximum absolute atomic E-state index is 12.4. The van der Waals surface area contributed by atoms with E-state index in [0.29, 0.717) is 6.54 Å². The van der Waals surface area contributed by atoms with Gasteiger partial charge in [0.2, 0.25) is 0 Å². The molecule has 0 amide bonds. The number of benzene rings is 1. The molecule has 1 aromatic heterocycles. The third-order valence-electron chi connectivity index (χ3n) is 5.50. The van der Waals surface area contributed by atoms with Crippen molar-refractivity contribution in [1.29, 1.82) is 0 Å². The number of aromatic nitrogens is 3. The van der Waals surface area contributed by atoms with Gasteiger partial charge in [-0.2, -0.15) is 5.10 Å². The Morgan fingerprint density at radius 2 is 2.00 bits per heavy atom. The van der Waals surface area contributed by atoms with Crippen LogP contribution >= 0.6 is 24.0 Å². The van der Waals surface area contributed by atoms with E-state index in [1.165, 1.54) is 11.1 Å². The van der Waals surface area contributed by atoms with E-state index in [9.17, 15) is 4.79 Å². The summed E-state index contributed by atoms with van der Waals surface area (Å²) < 4.78 is 3.46. The molecule has 0 bridgehead atoms. The molecule has 1 aromatic carbocycles. The van der Waals surface area contributed by atoms with Crippen LogP contribution < -0.4 is 11.0 Å². The van der Waals surface area contributed by atoms with E-state index in [4.69, 9.17) is 0 Å². The number of hydrogen-bond acceptors (Lipinski definition) is 3. The molecule has 0 spiro atoms. The molecule has 28 heavy (non-hydrogen) atoms. The van der Waals surface area contributed by atoms with Crippen molar-refractivity contribution in [3.8, 4) is 0 Å². The van der Waals surface area contributed by atoms with Crippen LogP contribution in [0.2, 0.25) is 0 Å². The summed E-state index contributed by atoms with van der Waals surface area (Å²) in [6, 6.07) is 8.62. The molecule has 2 aliphatic rings. The van der Waals surface area contributed by atoms with Gasteiger partial charge in [-0.25, -0.2) is 9.48 Å². The van der Waals surface area contributed by atoms with Gasteiger partial charge in [-0.05, 0) is 36.8 Å². The van der Waals surface area contributed by atoms with Crippen LogP contribution in [0.3, 0.4) is 0 Å². The number of rotatable bonds is 4. The molecule has 4 rings (SSSR count). The maximum atomic E-state index is 12.4. The predicted molar refractivity (Wildman–Crippen MR) is 121 cm³/mol. The standard InChI is InChI=1S/C20H28N6O.HI/c1-21-19(24-14-10-16-7-2-3-8-17(16)15-24)22-11-6-13-26-20(27)25-12-5-4-9-18(25)23-26;/h2-3,7-8H,4-6,9-15H2,1H3,(H,21,22);1H. The highest BCUT2D eigenvalue weighted by Crippen LogP contribution is 2.18. The smallest absolute Gasteiger partial charge is 0.345 e. The normalized spacial score (nSPS) is 16.2. The second kappa shape index (κ2) is 9.58. The first-order chi connectivity index (χ1) is 13.3. The van der Waals surface area contributed by atoms with E-state index in [2.05, 4.69) is 44.6 Å². The zero-order valence-corrected chi connectivity index (χ0v) is 18.8. The quantitative estimate of drug-likeness (QED) is 0.305. The van der Waals surface area contributed by atoms with E-state index in [1.54, 1.807) is 4.68 Å². The van der Waals surface area contributed by atoms with Crippen LogP contribution in [-0.4, -0.2) is 45.3 Å². The number of guanidine groups is 1. The SMILES string of the molecule is CN=C(NCCCn1nc2n(c1=O)CCCC2)N1CCc2ccccc2C1.I. The predicted octanol–water partition coefficient (Wildman–Crippen LogP) is 2.02. The lowest BCUT2D eigenvalue weighted by Gasteiger charge is -2.31. The van der Waals surface area contributed by atoms with Crippen LogP contribution in [-0.2, 0) is 32.5 Å². The molecule has 1 N–H and O–H groups in total. The molecular formula is C20H29IN6O. The summed E-state index contributed by atoms with van der Waals surface area (Å²) in [5.74, 6) is 1.88.